The molecule has 0 saturated carbocycles. The summed E-state index contributed by atoms with van der Waals surface area (Å²) in [4.78, 5) is 60.0. The Hall–Kier alpha value is -7.28. The molecule has 77 heavy (non-hydrogen) atoms. The summed E-state index contributed by atoms with van der Waals surface area (Å²) < 4.78 is 53.4. The van der Waals surface area contributed by atoms with E-state index in [4.69, 9.17) is 24.4 Å². The molecule has 4 atom stereocenters. The molecule has 4 saturated heterocycles. The molecule has 10 rings (SSSR count). The van der Waals surface area contributed by atoms with E-state index in [0.29, 0.717) is 82.3 Å². The average molecular weight is 1070 g/mol. The number of amides is 2. The Morgan fingerprint density at radius 1 is 0.753 bits per heavy atom. The highest BCUT2D eigenvalue weighted by Crippen LogP contribution is 2.39. The zero-order valence-electron chi connectivity index (χ0n) is 43.5. The number of anilines is 3. The largest absolute Gasteiger partial charge is 0.465 e. The molecule has 0 spiro atoms. The highest BCUT2D eigenvalue weighted by molar-refractivity contribution is 5.68. The third-order valence-electron chi connectivity index (χ3n) is 15.8. The topological polar surface area (TPSA) is 240 Å². The molecule has 2 amide bonds. The molecule has 24 heteroatoms. The zero-order chi connectivity index (χ0) is 54.3. The van der Waals surface area contributed by atoms with Gasteiger partial charge in [-0.3, -0.25) is 4.90 Å². The molecule has 4 aromatic rings. The molecule has 4 fully saturated rings. The molecule has 3 aromatic heterocycles. The van der Waals surface area contributed by atoms with Crippen LogP contribution in [0, 0.1) is 22.7 Å². The van der Waals surface area contributed by atoms with Crippen molar-refractivity contribution in [2.24, 2.45) is 0 Å². The molecule has 1 aromatic carbocycles. The number of fused-ring (bicyclic) bond motifs is 2. The van der Waals surface area contributed by atoms with Crippen molar-refractivity contribution in [3.63, 3.8) is 0 Å². The number of hydrogen-bond donors (Lipinski definition) is 3. The van der Waals surface area contributed by atoms with Crippen LogP contribution < -0.4 is 29.5 Å². The van der Waals surface area contributed by atoms with Gasteiger partial charge in [0.25, 0.3) is 0 Å². The number of piperazine rings is 2. The first-order chi connectivity index (χ1) is 37.1. The van der Waals surface area contributed by atoms with Gasteiger partial charge in [0.15, 0.2) is 0 Å². The second kappa shape index (κ2) is 23.9. The molecular weight excluding hydrogens is 1000 g/mol. The fourth-order valence-electron chi connectivity index (χ4n) is 11.7. The number of nitrogens with one attached hydrogen (secondary N) is 1. The number of nitriles is 2. The first-order valence-corrected chi connectivity index (χ1v) is 26.4. The number of likely N-dealkylation sites (tertiary alicyclic amines) is 2. The molecule has 4 unspecified atom stereocenters. The summed E-state index contributed by atoms with van der Waals surface area (Å²) in [7, 11) is 4.15. The van der Waals surface area contributed by atoms with Gasteiger partial charge in [-0.1, -0.05) is 30.3 Å². The number of carboxylic acid groups (broad SMARTS) is 2. The first-order valence-electron chi connectivity index (χ1n) is 26.4. The standard InChI is InChI=1S/C27H35N7O3.C26H31F3N8O3/c1-32-13-5-8-21(32)18-37-25-30-23-17-29-12-9-22(23)24(31-25)33-14-15-34(26(35)36)27(19-33,10-11-28)16-20-6-3-2-4-7-20;1-34-10-3-4-18(34)16-40-24-32-21-15-35(23-20(26(27,28)29)5-2-9-31-23)11-7-19(21)22(33-24)36-12-13-37(25(38)39)17(14-36)6-8-30/h2-4,6-7,21,29H,5,8-10,12-19H2,1H3,(H,35,36);2,5,9,17-18H,3-4,6-7,10-16H2,1H3,(H,38,39). The Bertz CT molecular complexity index is 2820. The fraction of sp³-hybridized carbons (Fsp3) is 0.566. The number of benzene rings is 1. The molecule has 9 heterocycles. The first kappa shape index (κ1) is 54.5. The monoisotopic (exact) mass is 1070 g/mol. The van der Waals surface area contributed by atoms with Gasteiger partial charge in [0.2, 0.25) is 0 Å². The van der Waals surface area contributed by atoms with Crippen LogP contribution in [0.15, 0.2) is 48.7 Å². The van der Waals surface area contributed by atoms with E-state index >= 15 is 0 Å². The molecule has 21 nitrogen and oxygen atoms in total. The minimum atomic E-state index is -4.55. The third kappa shape index (κ3) is 12.5. The number of carbonyl (C=O) groups is 2. The van der Waals surface area contributed by atoms with Crippen LogP contribution in [0.25, 0.3) is 0 Å². The number of nitrogens with zero attached hydrogens (tertiary/aromatic N) is 14. The van der Waals surface area contributed by atoms with Gasteiger partial charge in [-0.05, 0) is 96.4 Å². The van der Waals surface area contributed by atoms with Crippen LogP contribution in [-0.2, 0) is 38.5 Å². The van der Waals surface area contributed by atoms with E-state index in [9.17, 15) is 43.5 Å². The SMILES string of the molecule is CN1CCCC1COc1nc2c(c(N3CCN(C(=O)O)C(CC#N)(Cc4ccccc4)C3)n1)CCNC2.CN1CCCC1COc1nc2c(c(N3CCN(C(=O)O)C(CC#N)C3)n1)CCN(c1ncccc1C(F)(F)F)C2. The minimum Gasteiger partial charge on any atom is -0.465 e. The number of likely N-dealkylation sites (N-methyl/N-ethyl adjacent to an activating group) is 2. The molecule has 0 aliphatic carbocycles. The number of rotatable bonds is 13. The van der Waals surface area contributed by atoms with Crippen LogP contribution in [0.2, 0.25) is 0 Å². The van der Waals surface area contributed by atoms with Crippen LogP contribution in [0.3, 0.4) is 0 Å². The maximum Gasteiger partial charge on any atom is 0.419 e. The van der Waals surface area contributed by atoms with Gasteiger partial charge in [0.05, 0.1) is 60.1 Å². The van der Waals surface area contributed by atoms with Crippen molar-refractivity contribution >= 4 is 29.6 Å². The summed E-state index contributed by atoms with van der Waals surface area (Å²) in [5, 5.41) is 42.2. The van der Waals surface area contributed by atoms with Crippen molar-refractivity contribution in [1.29, 1.82) is 10.5 Å². The van der Waals surface area contributed by atoms with E-state index in [1.807, 2.05) is 42.3 Å². The Morgan fingerprint density at radius 2 is 1.42 bits per heavy atom. The lowest BCUT2D eigenvalue weighted by Gasteiger charge is -2.49. The molecular formula is C53H66F3N15O6. The van der Waals surface area contributed by atoms with Gasteiger partial charge in [-0.15, -0.1) is 0 Å². The average Bonchev–Trinajstić information content (AvgIpc) is 4.06. The van der Waals surface area contributed by atoms with E-state index in [1.54, 1.807) is 4.90 Å². The molecule has 6 aliphatic heterocycles. The van der Waals surface area contributed by atoms with Gasteiger partial charge in [0, 0.05) is 81.8 Å². The Morgan fingerprint density at radius 3 is 2.04 bits per heavy atom. The number of pyridine rings is 1. The number of aromatic nitrogens is 5. The van der Waals surface area contributed by atoms with Crippen LogP contribution in [-0.4, -0.2) is 183 Å². The Labute approximate surface area is 445 Å². The van der Waals surface area contributed by atoms with Crippen molar-refractivity contribution in [3.8, 4) is 24.2 Å². The predicted molar refractivity (Wildman–Crippen MR) is 277 cm³/mol. The maximum atomic E-state index is 13.7. The highest BCUT2D eigenvalue weighted by atomic mass is 19.4. The van der Waals surface area contributed by atoms with Gasteiger partial charge >= 0.3 is 30.4 Å². The van der Waals surface area contributed by atoms with Crippen LogP contribution in [0.1, 0.15) is 72.2 Å². The molecule has 0 bridgehead atoms. The van der Waals surface area contributed by atoms with Crippen LogP contribution >= 0.6 is 0 Å². The molecule has 6 aliphatic rings. The molecule has 410 valence electrons. The van der Waals surface area contributed by atoms with Crippen LogP contribution in [0.5, 0.6) is 12.0 Å². The summed E-state index contributed by atoms with van der Waals surface area (Å²) in [5.41, 5.74) is 2.65. The van der Waals surface area contributed by atoms with Crippen molar-refractivity contribution in [2.75, 3.05) is 107 Å². The quantitative estimate of drug-likeness (QED) is 0.154. The summed E-state index contributed by atoms with van der Waals surface area (Å²) >= 11 is 0. The zero-order valence-corrected chi connectivity index (χ0v) is 43.5. The lowest BCUT2D eigenvalue weighted by molar-refractivity contribution is -0.137. The highest BCUT2D eigenvalue weighted by Gasteiger charge is 2.46. The summed E-state index contributed by atoms with van der Waals surface area (Å²) in [6, 6.07) is 17.0. The van der Waals surface area contributed by atoms with Crippen molar-refractivity contribution < 1.29 is 42.4 Å². The molecule has 0 radical (unpaired) electrons. The van der Waals surface area contributed by atoms with E-state index in [0.717, 1.165) is 79.6 Å². The van der Waals surface area contributed by atoms with Crippen molar-refractivity contribution in [3.05, 3.63) is 82.3 Å². The molecule has 3 N–H and O–H groups in total. The second-order valence-electron chi connectivity index (χ2n) is 20.7. The van der Waals surface area contributed by atoms with E-state index < -0.39 is 35.5 Å². The number of halogens is 3. The second-order valence-corrected chi connectivity index (χ2v) is 20.7. The minimum absolute atomic E-state index is 0.0289. The number of hydrogen-bond acceptors (Lipinski definition) is 17. The summed E-state index contributed by atoms with van der Waals surface area (Å²) in [6.45, 7) is 6.77. The lowest BCUT2D eigenvalue weighted by atomic mass is 9.83. The van der Waals surface area contributed by atoms with Crippen molar-refractivity contribution in [2.45, 2.75) is 101 Å². The maximum absolute atomic E-state index is 13.7. The Balaban J connectivity index is 0.000000188. The van der Waals surface area contributed by atoms with Crippen molar-refractivity contribution in [1.82, 2.24) is 49.8 Å². The summed E-state index contributed by atoms with van der Waals surface area (Å²) in [5.74, 6) is 1.23. The van der Waals surface area contributed by atoms with Gasteiger partial charge in [-0.2, -0.15) is 43.6 Å². The third-order valence-corrected chi connectivity index (χ3v) is 15.8. The fourth-order valence-corrected chi connectivity index (χ4v) is 11.7. The van der Waals surface area contributed by atoms with Crippen LogP contribution in [0.4, 0.5) is 40.2 Å². The van der Waals surface area contributed by atoms with Gasteiger partial charge < -0.3 is 54.4 Å². The Kier molecular flexibility index (Phi) is 17.0. The summed E-state index contributed by atoms with van der Waals surface area (Å²) in [6.07, 6.45) is 0.761. The van der Waals surface area contributed by atoms with Gasteiger partial charge in [-0.25, -0.2) is 14.6 Å². The lowest BCUT2D eigenvalue weighted by Crippen LogP contribution is -2.65. The van der Waals surface area contributed by atoms with E-state index in [-0.39, 0.29) is 56.9 Å². The smallest absolute Gasteiger partial charge is 0.419 e. The normalized spacial score (nSPS) is 22.8. The van der Waals surface area contributed by atoms with E-state index in [1.165, 1.54) is 28.5 Å². The predicted octanol–water partition coefficient (Wildman–Crippen LogP) is 5.30. The number of alkyl halides is 3. The number of ether oxygens (including phenoxy) is 2. The van der Waals surface area contributed by atoms with Gasteiger partial charge in [0.1, 0.15) is 30.7 Å². The van der Waals surface area contributed by atoms with E-state index in [2.05, 4.69) is 49.2 Å².